The fourth-order valence-electron chi connectivity index (χ4n) is 1.56. The molecule has 3 N–H and O–H groups in total. The number of nitrogens with zero attached hydrogens (tertiary/aromatic N) is 1. The van der Waals surface area contributed by atoms with E-state index in [0.29, 0.717) is 11.4 Å². The minimum atomic E-state index is 0.00298. The van der Waals surface area contributed by atoms with Crippen molar-refractivity contribution in [3.8, 4) is 11.6 Å². The van der Waals surface area contributed by atoms with Crippen LogP contribution in [0.4, 0.5) is 0 Å². The summed E-state index contributed by atoms with van der Waals surface area (Å²) in [4.78, 5) is 4.11. The molecule has 1 aromatic heterocycles. The smallest absolute Gasteiger partial charge is 0.219 e. The van der Waals surface area contributed by atoms with Crippen LogP contribution in [0.3, 0.4) is 0 Å². The molecule has 0 spiro atoms. The third-order valence-corrected chi connectivity index (χ3v) is 2.60. The Morgan fingerprint density at radius 1 is 1.22 bits per heavy atom. The van der Waals surface area contributed by atoms with Crippen LogP contribution in [0, 0.1) is 19.3 Å². The minimum absolute atomic E-state index is 0.00298. The second-order valence-electron chi connectivity index (χ2n) is 4.17. The van der Waals surface area contributed by atoms with Crippen LogP contribution in [0.15, 0.2) is 36.5 Å². The van der Waals surface area contributed by atoms with Crippen molar-refractivity contribution >= 4 is 5.84 Å². The Hall–Kier alpha value is -2.36. The van der Waals surface area contributed by atoms with Crippen LogP contribution in [0.2, 0.25) is 0 Å². The second-order valence-corrected chi connectivity index (χ2v) is 4.17. The molecule has 0 unspecified atom stereocenters. The van der Waals surface area contributed by atoms with E-state index in [2.05, 4.69) is 4.98 Å². The van der Waals surface area contributed by atoms with Gasteiger partial charge in [0.1, 0.15) is 11.6 Å². The highest BCUT2D eigenvalue weighted by atomic mass is 16.5. The lowest BCUT2D eigenvalue weighted by molar-refractivity contribution is 0.459. The van der Waals surface area contributed by atoms with Gasteiger partial charge in [-0.3, -0.25) is 5.41 Å². The average Bonchev–Trinajstić information content (AvgIpc) is 2.34. The summed E-state index contributed by atoms with van der Waals surface area (Å²) >= 11 is 0. The zero-order valence-electron chi connectivity index (χ0n) is 10.4. The van der Waals surface area contributed by atoms with Crippen molar-refractivity contribution in [3.05, 3.63) is 53.2 Å². The van der Waals surface area contributed by atoms with Gasteiger partial charge in [0, 0.05) is 17.8 Å². The van der Waals surface area contributed by atoms with Crippen LogP contribution >= 0.6 is 0 Å². The molecule has 0 atom stereocenters. The molecule has 4 nitrogen and oxygen atoms in total. The first-order valence-electron chi connectivity index (χ1n) is 5.62. The van der Waals surface area contributed by atoms with Gasteiger partial charge in [-0.15, -0.1) is 0 Å². The number of ether oxygens (including phenoxy) is 1. The second kappa shape index (κ2) is 4.87. The van der Waals surface area contributed by atoms with Gasteiger partial charge in [0.2, 0.25) is 5.88 Å². The molecule has 0 saturated heterocycles. The molecular weight excluding hydrogens is 226 g/mol. The number of nitrogen functional groups attached to an aromatic ring is 1. The van der Waals surface area contributed by atoms with E-state index < -0.39 is 0 Å². The van der Waals surface area contributed by atoms with Gasteiger partial charge in [0.25, 0.3) is 0 Å². The van der Waals surface area contributed by atoms with Crippen molar-refractivity contribution in [1.82, 2.24) is 4.98 Å². The lowest BCUT2D eigenvalue weighted by Gasteiger charge is -2.09. The number of benzene rings is 1. The molecule has 0 bridgehead atoms. The fourth-order valence-corrected chi connectivity index (χ4v) is 1.56. The van der Waals surface area contributed by atoms with Gasteiger partial charge < -0.3 is 10.5 Å². The molecule has 0 radical (unpaired) electrons. The molecule has 0 fully saturated rings. The van der Waals surface area contributed by atoms with Crippen molar-refractivity contribution in [2.75, 3.05) is 0 Å². The van der Waals surface area contributed by atoms with Gasteiger partial charge in [0.15, 0.2) is 0 Å². The Morgan fingerprint density at radius 3 is 2.72 bits per heavy atom. The zero-order chi connectivity index (χ0) is 13.1. The molecule has 2 aromatic rings. The van der Waals surface area contributed by atoms with E-state index in [0.717, 1.165) is 16.9 Å². The van der Waals surface area contributed by atoms with Gasteiger partial charge >= 0.3 is 0 Å². The Bertz CT molecular complexity index is 593. The van der Waals surface area contributed by atoms with E-state index in [-0.39, 0.29) is 5.84 Å². The van der Waals surface area contributed by atoms with E-state index in [1.165, 1.54) is 0 Å². The predicted octanol–water partition coefficient (Wildman–Crippen LogP) is 2.77. The molecule has 4 heteroatoms. The highest BCUT2D eigenvalue weighted by molar-refractivity contribution is 5.95. The Morgan fingerprint density at radius 2 is 2.00 bits per heavy atom. The average molecular weight is 241 g/mol. The minimum Gasteiger partial charge on any atom is -0.439 e. The SMILES string of the molecule is Cc1ccc(C)c(Oc2cc(C(=N)N)ccn2)c1. The third-order valence-electron chi connectivity index (χ3n) is 2.60. The summed E-state index contributed by atoms with van der Waals surface area (Å²) in [5.74, 6) is 1.21. The molecule has 0 aliphatic rings. The molecule has 1 aromatic carbocycles. The van der Waals surface area contributed by atoms with Gasteiger partial charge in [-0.2, -0.15) is 0 Å². The molecule has 18 heavy (non-hydrogen) atoms. The third kappa shape index (κ3) is 2.66. The lowest BCUT2D eigenvalue weighted by Crippen LogP contribution is -2.11. The van der Waals surface area contributed by atoms with Crippen LogP contribution in [0.25, 0.3) is 0 Å². The van der Waals surface area contributed by atoms with Crippen LogP contribution in [-0.2, 0) is 0 Å². The Kier molecular flexibility index (Phi) is 3.28. The van der Waals surface area contributed by atoms with Crippen molar-refractivity contribution in [2.45, 2.75) is 13.8 Å². The van der Waals surface area contributed by atoms with Crippen molar-refractivity contribution in [3.63, 3.8) is 0 Å². The van der Waals surface area contributed by atoms with Crippen LogP contribution < -0.4 is 10.5 Å². The Labute approximate surface area is 106 Å². The Balaban J connectivity index is 2.31. The summed E-state index contributed by atoms with van der Waals surface area (Å²) in [7, 11) is 0. The fraction of sp³-hybridized carbons (Fsp3) is 0.143. The monoisotopic (exact) mass is 241 g/mol. The summed E-state index contributed by atoms with van der Waals surface area (Å²) in [6.45, 7) is 3.98. The predicted molar refractivity (Wildman–Crippen MR) is 71.2 cm³/mol. The maximum absolute atomic E-state index is 7.38. The van der Waals surface area contributed by atoms with E-state index in [1.54, 1.807) is 18.3 Å². The van der Waals surface area contributed by atoms with Gasteiger partial charge in [-0.25, -0.2) is 4.98 Å². The molecule has 0 saturated carbocycles. The number of pyridine rings is 1. The maximum atomic E-state index is 7.38. The zero-order valence-corrected chi connectivity index (χ0v) is 10.4. The summed E-state index contributed by atoms with van der Waals surface area (Å²) in [5.41, 5.74) is 8.19. The number of aromatic nitrogens is 1. The molecule has 1 heterocycles. The van der Waals surface area contributed by atoms with Crippen LogP contribution in [0.5, 0.6) is 11.6 Å². The van der Waals surface area contributed by atoms with Crippen molar-refractivity contribution in [2.24, 2.45) is 5.73 Å². The molecule has 0 aliphatic heterocycles. The summed E-state index contributed by atoms with van der Waals surface area (Å²) in [6.07, 6.45) is 1.58. The first kappa shape index (κ1) is 12.1. The van der Waals surface area contributed by atoms with Crippen molar-refractivity contribution < 1.29 is 4.74 Å². The molecular formula is C14H15N3O. The molecule has 2 rings (SSSR count). The van der Waals surface area contributed by atoms with Gasteiger partial charge in [0.05, 0.1) is 0 Å². The number of nitrogens with one attached hydrogen (secondary N) is 1. The number of nitrogens with two attached hydrogens (primary N) is 1. The highest BCUT2D eigenvalue weighted by Crippen LogP contribution is 2.24. The first-order valence-corrected chi connectivity index (χ1v) is 5.62. The van der Waals surface area contributed by atoms with Crippen LogP contribution in [-0.4, -0.2) is 10.8 Å². The molecule has 0 amide bonds. The van der Waals surface area contributed by atoms with E-state index in [4.69, 9.17) is 15.9 Å². The van der Waals surface area contributed by atoms with E-state index >= 15 is 0 Å². The maximum Gasteiger partial charge on any atom is 0.219 e. The highest BCUT2D eigenvalue weighted by Gasteiger charge is 2.05. The largest absolute Gasteiger partial charge is 0.439 e. The van der Waals surface area contributed by atoms with Crippen LogP contribution in [0.1, 0.15) is 16.7 Å². The number of rotatable bonds is 3. The topological polar surface area (TPSA) is 72.0 Å². The number of hydrogen-bond acceptors (Lipinski definition) is 3. The molecule has 92 valence electrons. The van der Waals surface area contributed by atoms with E-state index in [1.807, 2.05) is 32.0 Å². The summed E-state index contributed by atoms with van der Waals surface area (Å²) < 4.78 is 5.72. The molecule has 0 aliphatic carbocycles. The van der Waals surface area contributed by atoms with E-state index in [9.17, 15) is 0 Å². The normalized spacial score (nSPS) is 10.1. The quantitative estimate of drug-likeness (QED) is 0.641. The van der Waals surface area contributed by atoms with Gasteiger partial charge in [-0.05, 0) is 37.1 Å². The number of hydrogen-bond donors (Lipinski definition) is 2. The van der Waals surface area contributed by atoms with Gasteiger partial charge in [-0.1, -0.05) is 12.1 Å². The first-order chi connectivity index (χ1) is 8.56. The van der Waals surface area contributed by atoms with Crippen molar-refractivity contribution in [1.29, 1.82) is 5.41 Å². The summed E-state index contributed by atoms with van der Waals surface area (Å²) in [6, 6.07) is 9.32. The number of amidine groups is 1. The number of aryl methyl sites for hydroxylation is 2. The lowest BCUT2D eigenvalue weighted by atomic mass is 10.1. The summed E-state index contributed by atoms with van der Waals surface area (Å²) in [5, 5.41) is 7.38. The standard InChI is InChI=1S/C14H15N3O/c1-9-3-4-10(2)12(7-9)18-13-8-11(14(15)16)5-6-17-13/h3-8H,1-2H3,(H3,15,16).